The highest BCUT2D eigenvalue weighted by Gasteiger charge is 2.38. The summed E-state index contributed by atoms with van der Waals surface area (Å²) in [7, 11) is 0. The van der Waals surface area contributed by atoms with E-state index >= 15 is 0 Å². The van der Waals surface area contributed by atoms with E-state index in [1.165, 1.54) is 30.2 Å². The number of likely N-dealkylation sites (tertiary alicyclic amines) is 1. The summed E-state index contributed by atoms with van der Waals surface area (Å²) in [6.45, 7) is 3.72. The van der Waals surface area contributed by atoms with Crippen LogP contribution >= 0.6 is 0 Å². The first kappa shape index (κ1) is 18.1. The van der Waals surface area contributed by atoms with Gasteiger partial charge in [0.1, 0.15) is 0 Å². The van der Waals surface area contributed by atoms with Crippen molar-refractivity contribution in [3.05, 3.63) is 41.1 Å². The Morgan fingerprint density at radius 2 is 1.93 bits per heavy atom. The largest absolute Gasteiger partial charge is 0.391 e. The third kappa shape index (κ3) is 3.11. The SMILES string of the molecule is O=C1c2cc(CN3CCCCC3)c3cccnc3c2CN1[C@H]1CCCC[C@@H]1O. The number of pyridine rings is 1. The molecule has 5 rings (SSSR count). The fourth-order valence-corrected chi connectivity index (χ4v) is 5.33. The zero-order valence-electron chi connectivity index (χ0n) is 16.4. The molecule has 1 saturated carbocycles. The number of aliphatic hydroxyl groups is 1. The molecule has 3 aliphatic rings. The molecule has 0 radical (unpaired) electrons. The number of aliphatic hydroxyl groups excluding tert-OH is 1. The lowest BCUT2D eigenvalue weighted by molar-refractivity contribution is 0.0192. The van der Waals surface area contributed by atoms with Crippen LogP contribution in [-0.2, 0) is 13.1 Å². The highest BCUT2D eigenvalue weighted by molar-refractivity contribution is 6.04. The summed E-state index contributed by atoms with van der Waals surface area (Å²) in [6, 6.07) is 6.20. The van der Waals surface area contributed by atoms with Gasteiger partial charge in [-0.25, -0.2) is 0 Å². The van der Waals surface area contributed by atoms with Gasteiger partial charge in [0.2, 0.25) is 0 Å². The van der Waals surface area contributed by atoms with E-state index in [-0.39, 0.29) is 11.9 Å². The monoisotopic (exact) mass is 379 g/mol. The van der Waals surface area contributed by atoms with Crippen molar-refractivity contribution in [3.63, 3.8) is 0 Å². The van der Waals surface area contributed by atoms with E-state index in [1.54, 1.807) is 0 Å². The maximum Gasteiger partial charge on any atom is 0.254 e. The topological polar surface area (TPSA) is 56.7 Å². The summed E-state index contributed by atoms with van der Waals surface area (Å²) in [6.07, 6.45) is 9.09. The molecule has 0 spiro atoms. The van der Waals surface area contributed by atoms with Gasteiger partial charge < -0.3 is 10.0 Å². The van der Waals surface area contributed by atoms with Gasteiger partial charge in [-0.15, -0.1) is 0 Å². The molecule has 3 heterocycles. The molecule has 1 saturated heterocycles. The second kappa shape index (κ2) is 7.45. The van der Waals surface area contributed by atoms with Crippen LogP contribution in [0.4, 0.5) is 0 Å². The van der Waals surface area contributed by atoms with Crippen molar-refractivity contribution in [1.82, 2.24) is 14.8 Å². The fraction of sp³-hybridized carbons (Fsp3) is 0.565. The lowest BCUT2D eigenvalue weighted by Gasteiger charge is -2.35. The number of carbonyl (C=O) groups excluding carboxylic acids is 1. The van der Waals surface area contributed by atoms with Crippen LogP contribution in [0.3, 0.4) is 0 Å². The van der Waals surface area contributed by atoms with E-state index in [9.17, 15) is 9.90 Å². The first-order valence-electron chi connectivity index (χ1n) is 10.8. The number of nitrogens with zero attached hydrogens (tertiary/aromatic N) is 3. The molecule has 2 atom stereocenters. The van der Waals surface area contributed by atoms with Gasteiger partial charge in [-0.05, 0) is 56.5 Å². The maximum absolute atomic E-state index is 13.3. The zero-order chi connectivity index (χ0) is 19.1. The van der Waals surface area contributed by atoms with Crippen molar-refractivity contribution < 1.29 is 9.90 Å². The van der Waals surface area contributed by atoms with Crippen LogP contribution in [0, 0.1) is 0 Å². The number of amides is 1. The molecule has 2 aromatic rings. The van der Waals surface area contributed by atoms with E-state index in [1.807, 2.05) is 17.2 Å². The number of rotatable bonds is 3. The lowest BCUT2D eigenvalue weighted by Crippen LogP contribution is -2.45. The Hall–Kier alpha value is -1.98. The van der Waals surface area contributed by atoms with E-state index in [0.717, 1.165) is 62.0 Å². The molecule has 1 aromatic carbocycles. The van der Waals surface area contributed by atoms with Gasteiger partial charge in [-0.3, -0.25) is 14.7 Å². The van der Waals surface area contributed by atoms with Gasteiger partial charge in [0, 0.05) is 35.8 Å². The quantitative estimate of drug-likeness (QED) is 0.887. The number of hydrogen-bond acceptors (Lipinski definition) is 4. The van der Waals surface area contributed by atoms with Crippen LogP contribution in [-0.4, -0.2) is 51.0 Å². The van der Waals surface area contributed by atoms with Crippen LogP contribution in [0.5, 0.6) is 0 Å². The molecule has 1 aliphatic carbocycles. The minimum Gasteiger partial charge on any atom is -0.391 e. The van der Waals surface area contributed by atoms with Crippen molar-refractivity contribution >= 4 is 16.8 Å². The molecule has 5 nitrogen and oxygen atoms in total. The third-order valence-corrected chi connectivity index (χ3v) is 6.84. The molecule has 28 heavy (non-hydrogen) atoms. The number of fused-ring (bicyclic) bond motifs is 3. The van der Waals surface area contributed by atoms with Crippen LogP contribution in [0.2, 0.25) is 0 Å². The van der Waals surface area contributed by atoms with E-state index < -0.39 is 6.10 Å². The summed E-state index contributed by atoms with van der Waals surface area (Å²) in [5.74, 6) is 0.0772. The van der Waals surface area contributed by atoms with Gasteiger partial charge in [-0.2, -0.15) is 0 Å². The van der Waals surface area contributed by atoms with Gasteiger partial charge in [0.15, 0.2) is 0 Å². The number of carbonyl (C=O) groups is 1. The van der Waals surface area contributed by atoms with Crippen LogP contribution in [0.1, 0.15) is 66.4 Å². The van der Waals surface area contributed by atoms with E-state index in [2.05, 4.69) is 22.0 Å². The van der Waals surface area contributed by atoms with Crippen molar-refractivity contribution in [3.8, 4) is 0 Å². The molecular formula is C23H29N3O2. The zero-order valence-corrected chi connectivity index (χ0v) is 16.4. The second-order valence-electron chi connectivity index (χ2n) is 8.65. The molecule has 2 aliphatic heterocycles. The van der Waals surface area contributed by atoms with Gasteiger partial charge in [0.25, 0.3) is 5.91 Å². The van der Waals surface area contributed by atoms with Gasteiger partial charge in [0.05, 0.1) is 17.7 Å². The molecule has 5 heteroatoms. The molecule has 0 unspecified atom stereocenters. The molecule has 1 N–H and O–H groups in total. The Kier molecular flexibility index (Phi) is 4.81. The summed E-state index contributed by atoms with van der Waals surface area (Å²) in [5, 5.41) is 11.7. The highest BCUT2D eigenvalue weighted by atomic mass is 16.3. The van der Waals surface area contributed by atoms with Crippen molar-refractivity contribution in [2.24, 2.45) is 0 Å². The number of hydrogen-bond donors (Lipinski definition) is 1. The number of benzene rings is 1. The molecule has 148 valence electrons. The van der Waals surface area contributed by atoms with Gasteiger partial charge in [-0.1, -0.05) is 25.3 Å². The van der Waals surface area contributed by atoms with Crippen LogP contribution < -0.4 is 0 Å². The average Bonchev–Trinajstić information content (AvgIpc) is 3.06. The van der Waals surface area contributed by atoms with Crippen LogP contribution in [0.25, 0.3) is 10.9 Å². The normalized spacial score (nSPS) is 26.0. The van der Waals surface area contributed by atoms with Crippen molar-refractivity contribution in [2.45, 2.75) is 70.2 Å². The highest BCUT2D eigenvalue weighted by Crippen LogP contribution is 2.36. The molecule has 0 bridgehead atoms. The fourth-order valence-electron chi connectivity index (χ4n) is 5.33. The Morgan fingerprint density at radius 3 is 2.75 bits per heavy atom. The first-order valence-corrected chi connectivity index (χ1v) is 10.8. The van der Waals surface area contributed by atoms with Crippen molar-refractivity contribution in [2.75, 3.05) is 13.1 Å². The molecule has 1 aromatic heterocycles. The Morgan fingerprint density at radius 1 is 1.11 bits per heavy atom. The molecular weight excluding hydrogens is 350 g/mol. The maximum atomic E-state index is 13.3. The summed E-state index contributed by atoms with van der Waals surface area (Å²) >= 11 is 0. The molecule has 2 fully saturated rings. The van der Waals surface area contributed by atoms with Crippen LogP contribution in [0.15, 0.2) is 24.4 Å². The number of piperidine rings is 1. The summed E-state index contributed by atoms with van der Waals surface area (Å²) in [5.41, 5.74) is 4.02. The third-order valence-electron chi connectivity index (χ3n) is 6.84. The van der Waals surface area contributed by atoms with Crippen molar-refractivity contribution in [1.29, 1.82) is 0 Å². The second-order valence-corrected chi connectivity index (χ2v) is 8.65. The summed E-state index contributed by atoms with van der Waals surface area (Å²) < 4.78 is 0. The minimum atomic E-state index is -0.404. The lowest BCUT2D eigenvalue weighted by atomic mass is 9.91. The van der Waals surface area contributed by atoms with E-state index in [4.69, 9.17) is 0 Å². The first-order chi connectivity index (χ1) is 13.7. The predicted octanol–water partition coefficient (Wildman–Crippen LogP) is 3.48. The summed E-state index contributed by atoms with van der Waals surface area (Å²) in [4.78, 5) is 22.4. The Labute approximate surface area is 166 Å². The Bertz CT molecular complexity index is 891. The average molecular weight is 380 g/mol. The van der Waals surface area contributed by atoms with Gasteiger partial charge >= 0.3 is 0 Å². The molecule has 1 amide bonds. The minimum absolute atomic E-state index is 0.0574. The van der Waals surface area contributed by atoms with E-state index in [0.29, 0.717) is 6.54 Å². The number of aromatic nitrogens is 1. The smallest absolute Gasteiger partial charge is 0.254 e. The standard InChI is InChI=1S/C23H29N3O2/c27-21-9-3-2-8-20(21)26-15-19-18(23(26)28)13-16(14-25-11-4-1-5-12-25)17-7-6-10-24-22(17)19/h6-7,10,13,20-21,27H,1-5,8-9,11-12,14-15H2/t20-,21-/m0/s1. The Balaban J connectivity index is 1.52. The predicted molar refractivity (Wildman–Crippen MR) is 109 cm³/mol.